The minimum atomic E-state index is 0.864. The Morgan fingerprint density at radius 3 is 2.71 bits per heavy atom. The summed E-state index contributed by atoms with van der Waals surface area (Å²) >= 11 is 2.25. The standard InChI is InChI=1S/C13H22S/c1-3-5-6-14-13-9-11-8-12(13)7-10(11)4-2/h4,10-13H,2-3,5-9H2,1H3. The first kappa shape index (κ1) is 10.6. The lowest BCUT2D eigenvalue weighted by atomic mass is 9.89. The van der Waals surface area contributed by atoms with E-state index < -0.39 is 0 Å². The molecule has 0 nitrogen and oxygen atoms in total. The van der Waals surface area contributed by atoms with Crippen molar-refractivity contribution in [3.8, 4) is 0 Å². The number of fused-ring (bicyclic) bond motifs is 2. The predicted molar refractivity (Wildman–Crippen MR) is 65.7 cm³/mol. The number of unbranched alkanes of at least 4 members (excludes halogenated alkanes) is 1. The third-order valence-corrected chi connectivity index (χ3v) is 5.51. The molecule has 80 valence electrons. The molecule has 0 aromatic rings. The van der Waals surface area contributed by atoms with Gasteiger partial charge in [0.1, 0.15) is 0 Å². The van der Waals surface area contributed by atoms with Crippen LogP contribution in [0.25, 0.3) is 0 Å². The van der Waals surface area contributed by atoms with Gasteiger partial charge in [-0.05, 0) is 49.2 Å². The van der Waals surface area contributed by atoms with Crippen LogP contribution in [0, 0.1) is 17.8 Å². The number of thioether (sulfide) groups is 1. The van der Waals surface area contributed by atoms with Gasteiger partial charge in [-0.3, -0.25) is 0 Å². The number of rotatable bonds is 5. The highest BCUT2D eigenvalue weighted by molar-refractivity contribution is 7.99. The molecule has 4 atom stereocenters. The predicted octanol–water partition coefficient (Wildman–Crippen LogP) is 4.12. The molecule has 0 aromatic carbocycles. The zero-order valence-electron chi connectivity index (χ0n) is 9.24. The van der Waals surface area contributed by atoms with Gasteiger partial charge in [-0.25, -0.2) is 0 Å². The van der Waals surface area contributed by atoms with Crippen molar-refractivity contribution in [3.05, 3.63) is 12.7 Å². The molecule has 0 spiro atoms. The van der Waals surface area contributed by atoms with E-state index >= 15 is 0 Å². The lowest BCUT2D eigenvalue weighted by molar-refractivity contribution is 0.403. The van der Waals surface area contributed by atoms with Gasteiger partial charge in [0.15, 0.2) is 0 Å². The van der Waals surface area contributed by atoms with E-state index in [1.54, 1.807) is 0 Å². The molecule has 2 aliphatic rings. The van der Waals surface area contributed by atoms with Crippen LogP contribution in [0.3, 0.4) is 0 Å². The van der Waals surface area contributed by atoms with Gasteiger partial charge in [0.25, 0.3) is 0 Å². The van der Waals surface area contributed by atoms with Crippen LogP contribution in [0.4, 0.5) is 0 Å². The molecule has 0 aromatic heterocycles. The molecule has 0 saturated heterocycles. The van der Waals surface area contributed by atoms with E-state index in [1.807, 2.05) is 0 Å². The van der Waals surface area contributed by atoms with Crippen molar-refractivity contribution in [1.82, 2.24) is 0 Å². The molecular formula is C13H22S. The number of hydrogen-bond donors (Lipinski definition) is 0. The maximum Gasteiger partial charge on any atom is 0.00784 e. The summed E-state index contributed by atoms with van der Waals surface area (Å²) in [5.74, 6) is 4.29. The fourth-order valence-corrected chi connectivity index (χ4v) is 4.77. The Kier molecular flexibility index (Phi) is 3.59. The summed E-state index contributed by atoms with van der Waals surface area (Å²) in [6, 6.07) is 0. The summed E-state index contributed by atoms with van der Waals surface area (Å²) in [4.78, 5) is 0. The molecule has 0 heterocycles. The zero-order chi connectivity index (χ0) is 9.97. The second kappa shape index (κ2) is 4.74. The molecule has 2 saturated carbocycles. The average molecular weight is 210 g/mol. The lowest BCUT2D eigenvalue weighted by Crippen LogP contribution is -2.18. The van der Waals surface area contributed by atoms with Gasteiger partial charge < -0.3 is 0 Å². The van der Waals surface area contributed by atoms with Crippen LogP contribution >= 0.6 is 11.8 Å². The Morgan fingerprint density at radius 1 is 1.29 bits per heavy atom. The Balaban J connectivity index is 1.76. The van der Waals surface area contributed by atoms with E-state index in [2.05, 4.69) is 31.3 Å². The summed E-state index contributed by atoms with van der Waals surface area (Å²) in [6.45, 7) is 6.24. The lowest BCUT2D eigenvalue weighted by Gasteiger charge is -2.25. The highest BCUT2D eigenvalue weighted by Gasteiger charge is 2.44. The molecule has 2 bridgehead atoms. The van der Waals surface area contributed by atoms with Gasteiger partial charge in [0.2, 0.25) is 0 Å². The van der Waals surface area contributed by atoms with Crippen LogP contribution in [0.15, 0.2) is 12.7 Å². The quantitative estimate of drug-likeness (QED) is 0.486. The van der Waals surface area contributed by atoms with Gasteiger partial charge in [0, 0.05) is 5.25 Å². The Bertz CT molecular complexity index is 199. The van der Waals surface area contributed by atoms with E-state index in [1.165, 1.54) is 37.9 Å². The third-order valence-electron chi connectivity index (χ3n) is 3.98. The second-order valence-corrected chi connectivity index (χ2v) is 6.24. The highest BCUT2D eigenvalue weighted by Crippen LogP contribution is 2.52. The van der Waals surface area contributed by atoms with Gasteiger partial charge in [-0.2, -0.15) is 11.8 Å². The fourth-order valence-electron chi connectivity index (χ4n) is 3.14. The van der Waals surface area contributed by atoms with Crippen molar-refractivity contribution in [1.29, 1.82) is 0 Å². The summed E-state index contributed by atoms with van der Waals surface area (Å²) in [5, 5.41) is 1.00. The first-order valence-electron chi connectivity index (χ1n) is 6.09. The summed E-state index contributed by atoms with van der Waals surface area (Å²) < 4.78 is 0. The normalized spacial score (nSPS) is 40.4. The Hall–Kier alpha value is 0.0900. The van der Waals surface area contributed by atoms with Crippen LogP contribution in [0.5, 0.6) is 0 Å². The van der Waals surface area contributed by atoms with Crippen molar-refractivity contribution in [3.63, 3.8) is 0 Å². The van der Waals surface area contributed by atoms with Gasteiger partial charge in [-0.15, -0.1) is 6.58 Å². The summed E-state index contributed by atoms with van der Waals surface area (Å²) in [7, 11) is 0. The molecule has 0 aliphatic heterocycles. The smallest absolute Gasteiger partial charge is 0.00784 e. The van der Waals surface area contributed by atoms with Gasteiger partial charge in [0.05, 0.1) is 0 Å². The average Bonchev–Trinajstić information content (AvgIpc) is 2.76. The monoisotopic (exact) mass is 210 g/mol. The van der Waals surface area contributed by atoms with Crippen molar-refractivity contribution in [2.24, 2.45) is 17.8 Å². The number of hydrogen-bond acceptors (Lipinski definition) is 1. The van der Waals surface area contributed by atoms with Crippen molar-refractivity contribution >= 4 is 11.8 Å². The minimum absolute atomic E-state index is 0.864. The molecule has 2 rings (SSSR count). The van der Waals surface area contributed by atoms with Crippen molar-refractivity contribution in [2.75, 3.05) is 5.75 Å². The molecule has 0 N–H and O–H groups in total. The summed E-state index contributed by atoms with van der Waals surface area (Å²) in [5.41, 5.74) is 0. The first-order chi connectivity index (χ1) is 6.85. The first-order valence-corrected chi connectivity index (χ1v) is 7.14. The van der Waals surface area contributed by atoms with Crippen molar-refractivity contribution in [2.45, 2.75) is 44.3 Å². The maximum atomic E-state index is 3.96. The van der Waals surface area contributed by atoms with Crippen LogP contribution in [0.1, 0.15) is 39.0 Å². The minimum Gasteiger partial charge on any atom is -0.158 e. The van der Waals surface area contributed by atoms with E-state index in [-0.39, 0.29) is 0 Å². The van der Waals surface area contributed by atoms with Crippen LogP contribution in [-0.2, 0) is 0 Å². The van der Waals surface area contributed by atoms with Crippen LogP contribution < -0.4 is 0 Å². The second-order valence-electron chi connectivity index (χ2n) is 4.89. The Labute approximate surface area is 92.5 Å². The molecule has 4 unspecified atom stereocenters. The van der Waals surface area contributed by atoms with Gasteiger partial charge >= 0.3 is 0 Å². The van der Waals surface area contributed by atoms with E-state index in [0.717, 1.165) is 23.0 Å². The van der Waals surface area contributed by atoms with E-state index in [4.69, 9.17) is 0 Å². The molecule has 1 heteroatoms. The van der Waals surface area contributed by atoms with Gasteiger partial charge in [-0.1, -0.05) is 19.4 Å². The van der Waals surface area contributed by atoms with Crippen molar-refractivity contribution < 1.29 is 0 Å². The van der Waals surface area contributed by atoms with E-state index in [0.29, 0.717) is 0 Å². The van der Waals surface area contributed by atoms with E-state index in [9.17, 15) is 0 Å². The summed E-state index contributed by atoms with van der Waals surface area (Å²) in [6.07, 6.45) is 9.39. The molecule has 0 radical (unpaired) electrons. The number of allylic oxidation sites excluding steroid dienone is 1. The topological polar surface area (TPSA) is 0 Å². The van der Waals surface area contributed by atoms with Crippen LogP contribution in [-0.4, -0.2) is 11.0 Å². The molecule has 2 fully saturated rings. The largest absolute Gasteiger partial charge is 0.158 e. The SMILES string of the molecule is C=CC1CC2CC1CC2SCCCC. The molecule has 0 amide bonds. The maximum absolute atomic E-state index is 3.96. The molecule has 14 heavy (non-hydrogen) atoms. The molecule has 2 aliphatic carbocycles. The zero-order valence-corrected chi connectivity index (χ0v) is 10.1. The Morgan fingerprint density at radius 2 is 2.14 bits per heavy atom. The van der Waals surface area contributed by atoms with Crippen LogP contribution in [0.2, 0.25) is 0 Å². The third kappa shape index (κ3) is 2.03. The highest BCUT2D eigenvalue weighted by atomic mass is 32.2. The molecular weight excluding hydrogens is 188 g/mol. The fraction of sp³-hybridized carbons (Fsp3) is 0.846.